The smallest absolute Gasteiger partial charge is 0.270 e. The molecule has 1 amide bonds. The van der Waals surface area contributed by atoms with Crippen molar-refractivity contribution in [2.24, 2.45) is 0 Å². The second-order valence-corrected chi connectivity index (χ2v) is 7.60. The molecule has 2 heterocycles. The summed E-state index contributed by atoms with van der Waals surface area (Å²) in [5.74, 6) is 0.128. The van der Waals surface area contributed by atoms with Gasteiger partial charge in [0, 0.05) is 47.6 Å². The fourth-order valence-electron chi connectivity index (χ4n) is 3.95. The van der Waals surface area contributed by atoms with E-state index in [1.807, 2.05) is 29.2 Å². The zero-order chi connectivity index (χ0) is 15.8. The summed E-state index contributed by atoms with van der Waals surface area (Å²) in [4.78, 5) is 20.6. The van der Waals surface area contributed by atoms with Gasteiger partial charge in [-0.3, -0.25) is 9.69 Å². The van der Waals surface area contributed by atoms with Gasteiger partial charge < -0.3 is 9.88 Å². The van der Waals surface area contributed by atoms with Gasteiger partial charge in [-0.2, -0.15) is 0 Å². The largest absolute Gasteiger partial charge is 0.351 e. The van der Waals surface area contributed by atoms with Crippen LogP contribution in [0.15, 0.2) is 28.7 Å². The number of halogens is 1. The lowest BCUT2D eigenvalue weighted by Crippen LogP contribution is -2.51. The number of aromatic amines is 1. The summed E-state index contributed by atoms with van der Waals surface area (Å²) in [5.41, 5.74) is 1.72. The van der Waals surface area contributed by atoms with Gasteiger partial charge in [-0.1, -0.05) is 28.8 Å². The SMILES string of the molecule is O=C(c1cc2cc(Br)ccc2[nH]1)N1CCN(C2CCCC2)CC1. The number of hydrogen-bond donors (Lipinski definition) is 1. The molecule has 4 rings (SSSR count). The molecule has 1 aliphatic carbocycles. The lowest BCUT2D eigenvalue weighted by atomic mass is 10.1. The molecular weight excluding hydrogens is 354 g/mol. The van der Waals surface area contributed by atoms with Crippen LogP contribution in [0.5, 0.6) is 0 Å². The first kappa shape index (κ1) is 15.2. The van der Waals surface area contributed by atoms with Crippen LogP contribution in [-0.2, 0) is 0 Å². The summed E-state index contributed by atoms with van der Waals surface area (Å²) in [5, 5.41) is 1.08. The third kappa shape index (κ3) is 3.04. The van der Waals surface area contributed by atoms with Crippen LogP contribution in [0.3, 0.4) is 0 Å². The Morgan fingerprint density at radius 2 is 1.83 bits per heavy atom. The van der Waals surface area contributed by atoms with Gasteiger partial charge in [0.2, 0.25) is 0 Å². The fraction of sp³-hybridized carbons (Fsp3) is 0.500. The molecule has 1 saturated heterocycles. The number of fused-ring (bicyclic) bond motifs is 1. The van der Waals surface area contributed by atoms with Crippen molar-refractivity contribution in [1.29, 1.82) is 0 Å². The van der Waals surface area contributed by atoms with E-state index < -0.39 is 0 Å². The first-order valence-corrected chi connectivity index (χ1v) is 9.31. The minimum atomic E-state index is 0.128. The van der Waals surface area contributed by atoms with Gasteiger partial charge >= 0.3 is 0 Å². The highest BCUT2D eigenvalue weighted by atomic mass is 79.9. The van der Waals surface area contributed by atoms with E-state index in [4.69, 9.17) is 0 Å². The van der Waals surface area contributed by atoms with Crippen molar-refractivity contribution in [3.63, 3.8) is 0 Å². The van der Waals surface area contributed by atoms with Crippen molar-refractivity contribution < 1.29 is 4.79 Å². The molecule has 122 valence electrons. The molecular formula is C18H22BrN3O. The zero-order valence-electron chi connectivity index (χ0n) is 13.2. The Kier molecular flexibility index (Phi) is 4.16. The van der Waals surface area contributed by atoms with Crippen LogP contribution in [0.4, 0.5) is 0 Å². The molecule has 4 nitrogen and oxygen atoms in total. The minimum Gasteiger partial charge on any atom is -0.351 e. The predicted octanol–water partition coefficient (Wildman–Crippen LogP) is 3.63. The number of nitrogens with zero attached hydrogens (tertiary/aromatic N) is 2. The van der Waals surface area contributed by atoms with Gasteiger partial charge in [-0.05, 0) is 37.1 Å². The maximum atomic E-state index is 12.7. The maximum absolute atomic E-state index is 12.7. The summed E-state index contributed by atoms with van der Waals surface area (Å²) in [7, 11) is 0. The van der Waals surface area contributed by atoms with Gasteiger partial charge in [0.25, 0.3) is 5.91 Å². The van der Waals surface area contributed by atoms with Crippen LogP contribution in [0.1, 0.15) is 36.2 Å². The number of H-pyrrole nitrogens is 1. The van der Waals surface area contributed by atoms with E-state index in [0.29, 0.717) is 5.69 Å². The van der Waals surface area contributed by atoms with Crippen LogP contribution < -0.4 is 0 Å². The second kappa shape index (κ2) is 6.29. The molecule has 0 unspecified atom stereocenters. The number of amides is 1. The van der Waals surface area contributed by atoms with Crippen LogP contribution in [0, 0.1) is 0 Å². The molecule has 0 spiro atoms. The van der Waals surface area contributed by atoms with Crippen LogP contribution in [0.2, 0.25) is 0 Å². The quantitative estimate of drug-likeness (QED) is 0.870. The third-order valence-corrected chi connectivity index (χ3v) is 5.75. The monoisotopic (exact) mass is 375 g/mol. The van der Waals surface area contributed by atoms with Gasteiger partial charge in [0.15, 0.2) is 0 Å². The van der Waals surface area contributed by atoms with Gasteiger partial charge in [0.05, 0.1) is 0 Å². The van der Waals surface area contributed by atoms with E-state index in [2.05, 4.69) is 25.8 Å². The van der Waals surface area contributed by atoms with E-state index in [-0.39, 0.29) is 5.91 Å². The molecule has 23 heavy (non-hydrogen) atoms. The number of rotatable bonds is 2. The molecule has 1 aliphatic heterocycles. The van der Waals surface area contributed by atoms with Crippen LogP contribution in [0.25, 0.3) is 10.9 Å². The molecule has 0 atom stereocenters. The Labute approximate surface area is 145 Å². The predicted molar refractivity (Wildman–Crippen MR) is 95.7 cm³/mol. The highest BCUT2D eigenvalue weighted by Gasteiger charge is 2.28. The van der Waals surface area contributed by atoms with Crippen molar-refractivity contribution in [2.75, 3.05) is 26.2 Å². The Hall–Kier alpha value is -1.33. The molecule has 1 N–H and O–H groups in total. The van der Waals surface area contributed by atoms with Crippen molar-refractivity contribution in [2.45, 2.75) is 31.7 Å². The average Bonchev–Trinajstić information content (AvgIpc) is 3.23. The Morgan fingerprint density at radius 3 is 2.57 bits per heavy atom. The summed E-state index contributed by atoms with van der Waals surface area (Å²) in [6.07, 6.45) is 5.42. The summed E-state index contributed by atoms with van der Waals surface area (Å²) in [6, 6.07) is 8.77. The fourth-order valence-corrected chi connectivity index (χ4v) is 4.33. The Balaban J connectivity index is 1.44. The van der Waals surface area contributed by atoms with Crippen LogP contribution >= 0.6 is 15.9 Å². The zero-order valence-corrected chi connectivity index (χ0v) is 14.8. The van der Waals surface area contributed by atoms with Crippen molar-refractivity contribution >= 4 is 32.7 Å². The van der Waals surface area contributed by atoms with E-state index in [1.165, 1.54) is 25.7 Å². The molecule has 5 heteroatoms. The van der Waals surface area contributed by atoms with Gasteiger partial charge in [0.1, 0.15) is 5.69 Å². The number of piperazine rings is 1. The van der Waals surface area contributed by atoms with Gasteiger partial charge in [-0.15, -0.1) is 0 Å². The highest BCUT2D eigenvalue weighted by molar-refractivity contribution is 9.10. The summed E-state index contributed by atoms with van der Waals surface area (Å²) in [6.45, 7) is 3.72. The Bertz CT molecular complexity index is 712. The average molecular weight is 376 g/mol. The molecule has 0 radical (unpaired) electrons. The molecule has 2 fully saturated rings. The van der Waals surface area contributed by atoms with E-state index >= 15 is 0 Å². The number of benzene rings is 1. The second-order valence-electron chi connectivity index (χ2n) is 6.68. The molecule has 1 aromatic carbocycles. The van der Waals surface area contributed by atoms with Crippen molar-refractivity contribution in [1.82, 2.24) is 14.8 Å². The standard InChI is InChI=1S/C18H22BrN3O/c19-14-5-6-16-13(11-14)12-17(20-16)18(23)22-9-7-21(8-10-22)15-3-1-2-4-15/h5-6,11-12,15,20H,1-4,7-10H2. The summed E-state index contributed by atoms with van der Waals surface area (Å²) >= 11 is 3.48. The van der Waals surface area contributed by atoms with E-state index in [0.717, 1.165) is 47.6 Å². The third-order valence-electron chi connectivity index (χ3n) is 5.26. The number of aromatic nitrogens is 1. The number of carbonyl (C=O) groups excluding carboxylic acids is 1. The van der Waals surface area contributed by atoms with E-state index in [9.17, 15) is 4.79 Å². The first-order valence-electron chi connectivity index (χ1n) is 8.52. The van der Waals surface area contributed by atoms with Gasteiger partial charge in [-0.25, -0.2) is 0 Å². The van der Waals surface area contributed by atoms with Crippen molar-refractivity contribution in [3.05, 3.63) is 34.4 Å². The Morgan fingerprint density at radius 1 is 1.09 bits per heavy atom. The maximum Gasteiger partial charge on any atom is 0.270 e. The molecule has 1 aromatic heterocycles. The van der Waals surface area contributed by atoms with Crippen LogP contribution in [-0.4, -0.2) is 52.9 Å². The summed E-state index contributed by atoms with van der Waals surface area (Å²) < 4.78 is 1.04. The number of carbonyl (C=O) groups is 1. The molecule has 2 aromatic rings. The number of hydrogen-bond acceptors (Lipinski definition) is 2. The molecule has 0 bridgehead atoms. The molecule has 1 saturated carbocycles. The van der Waals surface area contributed by atoms with Crippen molar-refractivity contribution in [3.8, 4) is 0 Å². The normalized spacial score (nSPS) is 20.5. The minimum absolute atomic E-state index is 0.128. The lowest BCUT2D eigenvalue weighted by molar-refractivity contribution is 0.0569. The first-order chi connectivity index (χ1) is 11.2. The topological polar surface area (TPSA) is 39.3 Å². The lowest BCUT2D eigenvalue weighted by Gasteiger charge is -2.37. The van der Waals surface area contributed by atoms with E-state index in [1.54, 1.807) is 0 Å². The number of nitrogens with one attached hydrogen (secondary N) is 1. The molecule has 2 aliphatic rings. The highest BCUT2D eigenvalue weighted by Crippen LogP contribution is 2.25.